The second kappa shape index (κ2) is 5.90. The molecular formula is C12H14FNO2. The fraction of sp³-hybridized carbons (Fsp3) is 0.250. The molecule has 0 aliphatic carbocycles. The van der Waals surface area contributed by atoms with Crippen LogP contribution in [-0.2, 0) is 4.79 Å². The van der Waals surface area contributed by atoms with Crippen LogP contribution in [0, 0.1) is 5.82 Å². The van der Waals surface area contributed by atoms with Crippen LogP contribution in [0.3, 0.4) is 0 Å². The molecule has 1 rings (SSSR count). The van der Waals surface area contributed by atoms with Gasteiger partial charge < -0.3 is 10.1 Å². The van der Waals surface area contributed by atoms with E-state index in [-0.39, 0.29) is 0 Å². The molecule has 0 heterocycles. The molecule has 1 amide bonds. The van der Waals surface area contributed by atoms with Crippen LogP contribution < -0.4 is 10.1 Å². The molecule has 0 unspecified atom stereocenters. The first-order valence-corrected chi connectivity index (χ1v) is 5.03. The van der Waals surface area contributed by atoms with Gasteiger partial charge >= 0.3 is 0 Å². The van der Waals surface area contributed by atoms with Crippen molar-refractivity contribution in [1.29, 1.82) is 0 Å². The van der Waals surface area contributed by atoms with Gasteiger partial charge in [-0.3, -0.25) is 4.79 Å². The normalized spacial score (nSPS) is 9.62. The van der Waals surface area contributed by atoms with Crippen molar-refractivity contribution < 1.29 is 13.9 Å². The number of anilines is 1. The van der Waals surface area contributed by atoms with Crippen molar-refractivity contribution in [1.82, 2.24) is 0 Å². The van der Waals surface area contributed by atoms with Gasteiger partial charge in [-0.15, -0.1) is 0 Å². The smallest absolute Gasteiger partial charge is 0.247 e. The molecule has 0 bridgehead atoms. The molecule has 0 atom stereocenters. The molecule has 0 spiro atoms. The summed E-state index contributed by atoms with van der Waals surface area (Å²) in [5, 5.41) is 2.49. The van der Waals surface area contributed by atoms with E-state index in [2.05, 4.69) is 11.9 Å². The van der Waals surface area contributed by atoms with E-state index in [9.17, 15) is 9.18 Å². The lowest BCUT2D eigenvalue weighted by molar-refractivity contribution is -0.111. The molecule has 0 aliphatic heterocycles. The van der Waals surface area contributed by atoms with Crippen molar-refractivity contribution in [2.75, 3.05) is 11.9 Å². The van der Waals surface area contributed by atoms with Crippen LogP contribution >= 0.6 is 0 Å². The number of ether oxygens (including phenoxy) is 1. The van der Waals surface area contributed by atoms with E-state index < -0.39 is 11.7 Å². The van der Waals surface area contributed by atoms with Crippen molar-refractivity contribution >= 4 is 11.6 Å². The van der Waals surface area contributed by atoms with E-state index in [0.717, 1.165) is 12.5 Å². The summed E-state index contributed by atoms with van der Waals surface area (Å²) >= 11 is 0. The zero-order chi connectivity index (χ0) is 12.0. The highest BCUT2D eigenvalue weighted by molar-refractivity contribution is 5.99. The number of benzene rings is 1. The molecule has 1 N–H and O–H groups in total. The van der Waals surface area contributed by atoms with E-state index in [1.807, 2.05) is 6.92 Å². The fourth-order valence-electron chi connectivity index (χ4n) is 1.12. The third kappa shape index (κ3) is 3.38. The Bertz CT molecular complexity index is 391. The van der Waals surface area contributed by atoms with Gasteiger partial charge in [-0.1, -0.05) is 13.5 Å². The molecule has 0 radical (unpaired) electrons. The van der Waals surface area contributed by atoms with Gasteiger partial charge in [0.25, 0.3) is 0 Å². The van der Waals surface area contributed by atoms with Crippen LogP contribution in [0.25, 0.3) is 0 Å². The molecule has 1 aromatic rings. The van der Waals surface area contributed by atoms with E-state index in [4.69, 9.17) is 4.74 Å². The van der Waals surface area contributed by atoms with Gasteiger partial charge in [0, 0.05) is 6.07 Å². The highest BCUT2D eigenvalue weighted by atomic mass is 19.1. The number of nitrogens with one attached hydrogen (secondary N) is 1. The first-order valence-electron chi connectivity index (χ1n) is 5.03. The molecule has 0 saturated heterocycles. The first kappa shape index (κ1) is 12.2. The molecule has 0 fully saturated rings. The Morgan fingerprint density at radius 1 is 1.62 bits per heavy atom. The Balaban J connectivity index is 2.88. The molecule has 0 aromatic heterocycles. The fourth-order valence-corrected chi connectivity index (χ4v) is 1.12. The number of carbonyl (C=O) groups is 1. The van der Waals surface area contributed by atoms with Gasteiger partial charge in [0.1, 0.15) is 11.6 Å². The highest BCUT2D eigenvalue weighted by Crippen LogP contribution is 2.25. The minimum absolute atomic E-state index is 0.318. The summed E-state index contributed by atoms with van der Waals surface area (Å²) < 4.78 is 18.4. The average molecular weight is 223 g/mol. The largest absolute Gasteiger partial charge is 0.491 e. The summed E-state index contributed by atoms with van der Waals surface area (Å²) in [7, 11) is 0. The number of hydrogen-bond acceptors (Lipinski definition) is 2. The lowest BCUT2D eigenvalue weighted by atomic mass is 10.2. The second-order valence-electron chi connectivity index (χ2n) is 3.18. The maximum absolute atomic E-state index is 13.0. The minimum Gasteiger partial charge on any atom is -0.491 e. The summed E-state index contributed by atoms with van der Waals surface area (Å²) in [6.07, 6.45) is 1.96. The summed E-state index contributed by atoms with van der Waals surface area (Å²) in [6, 6.07) is 3.99. The summed E-state index contributed by atoms with van der Waals surface area (Å²) in [4.78, 5) is 11.1. The van der Waals surface area contributed by atoms with Crippen LogP contribution in [0.5, 0.6) is 5.75 Å². The van der Waals surface area contributed by atoms with Crippen LogP contribution in [0.1, 0.15) is 13.3 Å². The van der Waals surface area contributed by atoms with Crippen LogP contribution in [0.15, 0.2) is 30.9 Å². The van der Waals surface area contributed by atoms with E-state index >= 15 is 0 Å². The Kier molecular flexibility index (Phi) is 4.51. The van der Waals surface area contributed by atoms with Crippen molar-refractivity contribution in [3.05, 3.63) is 36.7 Å². The van der Waals surface area contributed by atoms with Gasteiger partial charge in [0.2, 0.25) is 5.91 Å². The lowest BCUT2D eigenvalue weighted by Crippen LogP contribution is -2.09. The number of hydrogen-bond donors (Lipinski definition) is 1. The first-order chi connectivity index (χ1) is 7.67. The third-order valence-corrected chi connectivity index (χ3v) is 1.85. The van der Waals surface area contributed by atoms with Crippen LogP contribution in [0.2, 0.25) is 0 Å². The maximum atomic E-state index is 13.0. The van der Waals surface area contributed by atoms with Gasteiger partial charge in [-0.2, -0.15) is 0 Å². The Hall–Kier alpha value is -1.84. The number of amides is 1. The van der Waals surface area contributed by atoms with Crippen LogP contribution in [-0.4, -0.2) is 12.5 Å². The number of rotatable bonds is 5. The predicted molar refractivity (Wildman–Crippen MR) is 61.0 cm³/mol. The predicted octanol–water partition coefficient (Wildman–Crippen LogP) is 2.74. The number of carbonyl (C=O) groups excluding carboxylic acids is 1. The van der Waals surface area contributed by atoms with Crippen molar-refractivity contribution in [2.24, 2.45) is 0 Å². The third-order valence-electron chi connectivity index (χ3n) is 1.85. The Morgan fingerprint density at radius 3 is 3.00 bits per heavy atom. The van der Waals surface area contributed by atoms with Crippen LogP contribution in [0.4, 0.5) is 10.1 Å². The van der Waals surface area contributed by atoms with Crippen molar-refractivity contribution in [2.45, 2.75) is 13.3 Å². The van der Waals surface area contributed by atoms with Gasteiger partial charge in [0.15, 0.2) is 0 Å². The molecule has 86 valence electrons. The standard InChI is InChI=1S/C12H14FNO2/c1-3-7-16-11-6-5-9(13)8-10(11)14-12(15)4-2/h4-6,8H,2-3,7H2,1H3,(H,14,15). The van der Waals surface area contributed by atoms with Crippen molar-refractivity contribution in [3.8, 4) is 5.75 Å². The molecule has 1 aromatic carbocycles. The summed E-state index contributed by atoms with van der Waals surface area (Å²) in [5.74, 6) is -0.367. The summed E-state index contributed by atoms with van der Waals surface area (Å²) in [6.45, 7) is 5.80. The topological polar surface area (TPSA) is 38.3 Å². The monoisotopic (exact) mass is 223 g/mol. The minimum atomic E-state index is -0.428. The average Bonchev–Trinajstić information content (AvgIpc) is 2.28. The van der Waals surface area contributed by atoms with E-state index in [0.29, 0.717) is 18.0 Å². The SMILES string of the molecule is C=CC(=O)Nc1cc(F)ccc1OCCC. The maximum Gasteiger partial charge on any atom is 0.247 e. The van der Waals surface area contributed by atoms with Crippen molar-refractivity contribution in [3.63, 3.8) is 0 Å². The van der Waals surface area contributed by atoms with Gasteiger partial charge in [-0.05, 0) is 24.6 Å². The highest BCUT2D eigenvalue weighted by Gasteiger charge is 2.07. The molecule has 3 nitrogen and oxygen atoms in total. The number of halogens is 1. The molecule has 4 heteroatoms. The van der Waals surface area contributed by atoms with E-state index in [1.54, 1.807) is 0 Å². The molecule has 0 saturated carbocycles. The molecule has 16 heavy (non-hydrogen) atoms. The Labute approximate surface area is 93.9 Å². The Morgan fingerprint density at radius 2 is 2.38 bits per heavy atom. The van der Waals surface area contributed by atoms with Gasteiger partial charge in [0.05, 0.1) is 12.3 Å². The van der Waals surface area contributed by atoms with E-state index in [1.165, 1.54) is 18.2 Å². The summed E-state index contributed by atoms with van der Waals surface area (Å²) in [5.41, 5.74) is 0.318. The lowest BCUT2D eigenvalue weighted by Gasteiger charge is -2.11. The zero-order valence-corrected chi connectivity index (χ0v) is 9.13. The van der Waals surface area contributed by atoms with Gasteiger partial charge in [-0.25, -0.2) is 4.39 Å². The quantitative estimate of drug-likeness (QED) is 0.779. The molecule has 0 aliphatic rings. The zero-order valence-electron chi connectivity index (χ0n) is 9.13. The second-order valence-corrected chi connectivity index (χ2v) is 3.18. The molecular weight excluding hydrogens is 209 g/mol.